The maximum Gasteiger partial charge on any atom is 0.236 e. The lowest BCUT2D eigenvalue weighted by Gasteiger charge is -2.39. The molecule has 1 amide bonds. The van der Waals surface area contributed by atoms with E-state index in [-0.39, 0.29) is 11.3 Å². The molecule has 0 radical (unpaired) electrons. The molecule has 3 rings (SSSR count). The fourth-order valence-electron chi connectivity index (χ4n) is 3.46. The number of amides is 1. The largest absolute Gasteiger partial charge is 0.384 e. The van der Waals surface area contributed by atoms with Crippen LogP contribution in [0.4, 0.5) is 5.69 Å². The van der Waals surface area contributed by atoms with Crippen LogP contribution in [0.5, 0.6) is 0 Å². The Bertz CT molecular complexity index is 504. The number of piperidine rings is 1. The molecule has 1 spiro atoms. The van der Waals surface area contributed by atoms with E-state index in [1.54, 1.807) is 0 Å². The molecule has 0 saturated carbocycles. The van der Waals surface area contributed by atoms with Crippen LogP contribution in [0.15, 0.2) is 24.3 Å². The number of fused-ring (bicyclic) bond motifs is 2. The normalized spacial score (nSPS) is 20.1. The van der Waals surface area contributed by atoms with Crippen LogP contribution in [0.3, 0.4) is 0 Å². The third-order valence-corrected chi connectivity index (χ3v) is 4.64. The minimum Gasteiger partial charge on any atom is -0.384 e. The van der Waals surface area contributed by atoms with Gasteiger partial charge in [-0.05, 0) is 38.6 Å². The van der Waals surface area contributed by atoms with Crippen LogP contribution in [-0.2, 0) is 10.2 Å². The van der Waals surface area contributed by atoms with E-state index in [2.05, 4.69) is 29.6 Å². The summed E-state index contributed by atoms with van der Waals surface area (Å²) >= 11 is 0. The van der Waals surface area contributed by atoms with E-state index in [0.29, 0.717) is 6.54 Å². The monoisotopic (exact) mass is 273 g/mol. The maximum absolute atomic E-state index is 12.1. The number of hydrogen-bond acceptors (Lipinski definition) is 3. The molecule has 0 bridgehead atoms. The van der Waals surface area contributed by atoms with E-state index in [4.69, 9.17) is 0 Å². The van der Waals surface area contributed by atoms with Crippen LogP contribution in [0.1, 0.15) is 18.4 Å². The van der Waals surface area contributed by atoms with Gasteiger partial charge in [0.25, 0.3) is 0 Å². The summed E-state index contributed by atoms with van der Waals surface area (Å²) in [6.07, 6.45) is 2.13. The van der Waals surface area contributed by atoms with Gasteiger partial charge in [-0.25, -0.2) is 0 Å². The number of nitrogens with one attached hydrogen (secondary N) is 1. The van der Waals surface area contributed by atoms with E-state index < -0.39 is 0 Å². The highest BCUT2D eigenvalue weighted by Gasteiger charge is 2.41. The van der Waals surface area contributed by atoms with Crippen molar-refractivity contribution in [1.82, 2.24) is 9.80 Å². The van der Waals surface area contributed by atoms with Gasteiger partial charge in [0.05, 0.1) is 6.54 Å². The fraction of sp³-hybridized carbons (Fsp3) is 0.562. The van der Waals surface area contributed by atoms with Gasteiger partial charge < -0.3 is 15.1 Å². The van der Waals surface area contributed by atoms with Crippen LogP contribution in [0.2, 0.25) is 0 Å². The minimum absolute atomic E-state index is 0.242. The molecule has 4 nitrogen and oxygen atoms in total. The van der Waals surface area contributed by atoms with Crippen LogP contribution in [0.25, 0.3) is 0 Å². The SMILES string of the molecule is CN(C)CC(=O)N1CCC2(CC1)CNc1ccccc12. The second-order valence-corrected chi connectivity index (χ2v) is 6.30. The Morgan fingerprint density at radius 1 is 1.30 bits per heavy atom. The third kappa shape index (κ3) is 2.29. The fourth-order valence-corrected chi connectivity index (χ4v) is 3.46. The van der Waals surface area contributed by atoms with E-state index in [0.717, 1.165) is 32.5 Å². The van der Waals surface area contributed by atoms with Crippen molar-refractivity contribution in [3.05, 3.63) is 29.8 Å². The number of nitrogens with zero attached hydrogens (tertiary/aromatic N) is 2. The summed E-state index contributed by atoms with van der Waals surface area (Å²) < 4.78 is 0. The average molecular weight is 273 g/mol. The van der Waals surface area contributed by atoms with Crippen LogP contribution in [0, 0.1) is 0 Å². The number of likely N-dealkylation sites (tertiary alicyclic amines) is 1. The predicted molar refractivity (Wildman–Crippen MR) is 81.0 cm³/mol. The molecule has 1 fully saturated rings. The Kier molecular flexibility index (Phi) is 3.42. The molecular formula is C16H23N3O. The van der Waals surface area contributed by atoms with Crippen molar-refractivity contribution < 1.29 is 4.79 Å². The van der Waals surface area contributed by atoms with Gasteiger partial charge in [-0.2, -0.15) is 0 Å². The molecule has 108 valence electrons. The molecule has 1 aromatic rings. The number of para-hydroxylation sites is 1. The lowest BCUT2D eigenvalue weighted by atomic mass is 9.74. The van der Waals surface area contributed by atoms with Gasteiger partial charge in [0.1, 0.15) is 0 Å². The molecule has 4 heteroatoms. The first-order chi connectivity index (χ1) is 9.61. The summed E-state index contributed by atoms with van der Waals surface area (Å²) in [5, 5.41) is 3.53. The average Bonchev–Trinajstić information content (AvgIpc) is 2.78. The second-order valence-electron chi connectivity index (χ2n) is 6.30. The molecular weight excluding hydrogens is 250 g/mol. The zero-order chi connectivity index (χ0) is 14.2. The summed E-state index contributed by atoms with van der Waals surface area (Å²) in [5.74, 6) is 0.254. The van der Waals surface area contributed by atoms with E-state index in [1.165, 1.54) is 11.3 Å². The number of rotatable bonds is 2. The zero-order valence-electron chi connectivity index (χ0n) is 12.4. The minimum atomic E-state index is 0.242. The molecule has 1 saturated heterocycles. The van der Waals surface area contributed by atoms with Gasteiger partial charge in [-0.15, -0.1) is 0 Å². The first kappa shape index (κ1) is 13.4. The number of carbonyl (C=O) groups is 1. The Labute approximate surface area is 120 Å². The highest BCUT2D eigenvalue weighted by molar-refractivity contribution is 5.78. The molecule has 0 aliphatic carbocycles. The molecule has 2 aliphatic rings. The quantitative estimate of drug-likeness (QED) is 0.888. The molecule has 20 heavy (non-hydrogen) atoms. The highest BCUT2D eigenvalue weighted by Crippen LogP contribution is 2.43. The number of benzene rings is 1. The zero-order valence-corrected chi connectivity index (χ0v) is 12.4. The molecule has 1 N–H and O–H groups in total. The number of likely N-dealkylation sites (N-methyl/N-ethyl adjacent to an activating group) is 1. The van der Waals surface area contributed by atoms with Crippen molar-refractivity contribution in [2.75, 3.05) is 45.6 Å². The Morgan fingerprint density at radius 3 is 2.70 bits per heavy atom. The van der Waals surface area contributed by atoms with E-state index in [1.807, 2.05) is 23.9 Å². The maximum atomic E-state index is 12.1. The third-order valence-electron chi connectivity index (χ3n) is 4.64. The summed E-state index contributed by atoms with van der Waals surface area (Å²) in [5.41, 5.74) is 2.96. The Balaban J connectivity index is 1.69. The van der Waals surface area contributed by atoms with Crippen molar-refractivity contribution in [3.63, 3.8) is 0 Å². The first-order valence-electron chi connectivity index (χ1n) is 7.37. The van der Waals surface area contributed by atoms with E-state index in [9.17, 15) is 4.79 Å². The lowest BCUT2D eigenvalue weighted by Crippen LogP contribution is -2.48. The van der Waals surface area contributed by atoms with Crippen molar-refractivity contribution in [2.24, 2.45) is 0 Å². The Morgan fingerprint density at radius 2 is 2.00 bits per heavy atom. The molecule has 2 heterocycles. The smallest absolute Gasteiger partial charge is 0.236 e. The number of carbonyl (C=O) groups excluding carboxylic acids is 1. The molecule has 1 aromatic carbocycles. The van der Waals surface area contributed by atoms with Crippen molar-refractivity contribution in [1.29, 1.82) is 0 Å². The molecule has 0 unspecified atom stereocenters. The first-order valence-corrected chi connectivity index (χ1v) is 7.37. The summed E-state index contributed by atoms with van der Waals surface area (Å²) in [6.45, 7) is 3.29. The topological polar surface area (TPSA) is 35.6 Å². The number of anilines is 1. The van der Waals surface area contributed by atoms with Crippen molar-refractivity contribution in [3.8, 4) is 0 Å². The van der Waals surface area contributed by atoms with Crippen LogP contribution < -0.4 is 5.32 Å². The van der Waals surface area contributed by atoms with E-state index >= 15 is 0 Å². The Hall–Kier alpha value is -1.55. The van der Waals surface area contributed by atoms with Gasteiger partial charge in [-0.3, -0.25) is 4.79 Å². The predicted octanol–water partition coefficient (Wildman–Crippen LogP) is 1.53. The van der Waals surface area contributed by atoms with Crippen molar-refractivity contribution in [2.45, 2.75) is 18.3 Å². The van der Waals surface area contributed by atoms with Gasteiger partial charge >= 0.3 is 0 Å². The van der Waals surface area contributed by atoms with Gasteiger partial charge in [0.2, 0.25) is 5.91 Å². The van der Waals surface area contributed by atoms with Gasteiger partial charge in [0, 0.05) is 30.7 Å². The second kappa shape index (κ2) is 5.09. The number of hydrogen-bond donors (Lipinski definition) is 1. The summed E-state index contributed by atoms with van der Waals surface area (Å²) in [7, 11) is 3.89. The van der Waals surface area contributed by atoms with Gasteiger partial charge in [0.15, 0.2) is 0 Å². The highest BCUT2D eigenvalue weighted by atomic mass is 16.2. The lowest BCUT2D eigenvalue weighted by molar-refractivity contribution is -0.133. The van der Waals surface area contributed by atoms with Gasteiger partial charge in [-0.1, -0.05) is 18.2 Å². The molecule has 0 aromatic heterocycles. The molecule has 0 atom stereocenters. The van der Waals surface area contributed by atoms with Crippen LogP contribution >= 0.6 is 0 Å². The molecule has 2 aliphatic heterocycles. The van der Waals surface area contributed by atoms with Crippen LogP contribution in [-0.4, -0.2) is 56.0 Å². The van der Waals surface area contributed by atoms with Crippen molar-refractivity contribution >= 4 is 11.6 Å². The summed E-state index contributed by atoms with van der Waals surface area (Å²) in [6, 6.07) is 8.61. The summed E-state index contributed by atoms with van der Waals surface area (Å²) in [4.78, 5) is 16.1. The standard InChI is InChI=1S/C16H23N3O/c1-18(2)11-15(20)19-9-7-16(8-10-19)12-17-14-6-4-3-5-13(14)16/h3-6,17H,7-12H2,1-2H3.